The van der Waals surface area contributed by atoms with Crippen molar-refractivity contribution in [1.29, 1.82) is 0 Å². The summed E-state index contributed by atoms with van der Waals surface area (Å²) in [4.78, 5) is 40.6. The van der Waals surface area contributed by atoms with E-state index in [0.717, 1.165) is 10.5 Å². The summed E-state index contributed by atoms with van der Waals surface area (Å²) in [6.45, 7) is 5.52. The summed E-state index contributed by atoms with van der Waals surface area (Å²) in [5, 5.41) is 0. The molecule has 6 nitrogen and oxygen atoms in total. The molecule has 3 rings (SSSR count). The molecule has 0 spiro atoms. The third-order valence-corrected chi connectivity index (χ3v) is 4.54. The van der Waals surface area contributed by atoms with Crippen LogP contribution in [0, 0.1) is 6.92 Å². The minimum atomic E-state index is -0.862. The first kappa shape index (κ1) is 19.4. The first-order valence-corrected chi connectivity index (χ1v) is 9.03. The Morgan fingerprint density at radius 3 is 2.50 bits per heavy atom. The van der Waals surface area contributed by atoms with Gasteiger partial charge in [-0.1, -0.05) is 42.0 Å². The molecule has 1 aliphatic rings. The fourth-order valence-electron chi connectivity index (χ4n) is 3.11. The lowest BCUT2D eigenvalue weighted by atomic mass is 10.2. The Balaban J connectivity index is 1.75. The molecular formula is C22H22N2O4. The van der Waals surface area contributed by atoms with Crippen LogP contribution in [0.4, 0.5) is 5.69 Å². The molecular weight excluding hydrogens is 356 g/mol. The molecule has 1 saturated heterocycles. The highest BCUT2D eigenvalue weighted by atomic mass is 16.5. The molecule has 2 aromatic carbocycles. The number of benzene rings is 2. The van der Waals surface area contributed by atoms with Crippen molar-refractivity contribution in [2.45, 2.75) is 19.4 Å². The number of aryl methyl sites for hydroxylation is 1. The predicted molar refractivity (Wildman–Crippen MR) is 106 cm³/mol. The molecule has 6 heteroatoms. The van der Waals surface area contributed by atoms with Crippen molar-refractivity contribution in [3.05, 3.63) is 72.8 Å². The van der Waals surface area contributed by atoms with E-state index < -0.39 is 11.9 Å². The van der Waals surface area contributed by atoms with Gasteiger partial charge in [0.15, 0.2) is 6.61 Å². The van der Waals surface area contributed by atoms with Gasteiger partial charge in [-0.2, -0.15) is 0 Å². The highest BCUT2D eigenvalue weighted by molar-refractivity contribution is 6.23. The van der Waals surface area contributed by atoms with Gasteiger partial charge >= 0.3 is 0 Å². The van der Waals surface area contributed by atoms with Crippen molar-refractivity contribution >= 4 is 23.4 Å². The Hall–Kier alpha value is -3.41. The fourth-order valence-corrected chi connectivity index (χ4v) is 3.11. The molecule has 1 atom stereocenters. The lowest BCUT2D eigenvalue weighted by Gasteiger charge is -2.26. The maximum Gasteiger partial charge on any atom is 0.261 e. The number of hydrogen-bond donors (Lipinski definition) is 0. The van der Waals surface area contributed by atoms with Crippen LogP contribution in [0.5, 0.6) is 5.75 Å². The topological polar surface area (TPSA) is 66.9 Å². The molecule has 28 heavy (non-hydrogen) atoms. The second-order valence-electron chi connectivity index (χ2n) is 6.56. The predicted octanol–water partition coefficient (Wildman–Crippen LogP) is 2.72. The number of para-hydroxylation sites is 1. The smallest absolute Gasteiger partial charge is 0.261 e. The second-order valence-corrected chi connectivity index (χ2v) is 6.56. The Bertz CT molecular complexity index is 877. The van der Waals surface area contributed by atoms with E-state index in [2.05, 4.69) is 6.58 Å². The van der Waals surface area contributed by atoms with Crippen LogP contribution < -0.4 is 9.64 Å². The number of imide groups is 1. The highest BCUT2D eigenvalue weighted by Crippen LogP contribution is 2.26. The molecule has 0 aromatic heterocycles. The molecule has 1 fully saturated rings. The van der Waals surface area contributed by atoms with Gasteiger partial charge in [0, 0.05) is 6.54 Å². The molecule has 0 aliphatic carbocycles. The normalized spacial score (nSPS) is 16.2. The van der Waals surface area contributed by atoms with Gasteiger partial charge in [0.2, 0.25) is 5.91 Å². The van der Waals surface area contributed by atoms with Gasteiger partial charge in [-0.05, 0) is 31.2 Å². The van der Waals surface area contributed by atoms with E-state index in [9.17, 15) is 14.4 Å². The fraction of sp³-hybridized carbons (Fsp3) is 0.227. The lowest BCUT2D eigenvalue weighted by Crippen LogP contribution is -2.47. The van der Waals surface area contributed by atoms with E-state index in [0.29, 0.717) is 11.4 Å². The van der Waals surface area contributed by atoms with Crippen LogP contribution in [0.15, 0.2) is 67.3 Å². The van der Waals surface area contributed by atoms with Gasteiger partial charge in [0.1, 0.15) is 11.8 Å². The standard InChI is InChI=1S/C22H22N2O4/c1-3-13-23(21(26)15-28-18-7-5-4-6-8-18)19-14-20(25)24(22(19)27)17-11-9-16(2)10-12-17/h3-12,19H,1,13-15H2,2H3. The van der Waals surface area contributed by atoms with Crippen LogP contribution >= 0.6 is 0 Å². The summed E-state index contributed by atoms with van der Waals surface area (Å²) in [6, 6.07) is 15.2. The van der Waals surface area contributed by atoms with Crippen LogP contribution in [0.2, 0.25) is 0 Å². The molecule has 1 unspecified atom stereocenters. The number of ether oxygens (including phenoxy) is 1. The SMILES string of the molecule is C=CCN(C(=O)COc1ccccc1)C1CC(=O)N(c2ccc(C)cc2)C1=O. The minimum absolute atomic E-state index is 0.0579. The van der Waals surface area contributed by atoms with Crippen molar-refractivity contribution in [2.75, 3.05) is 18.1 Å². The third-order valence-electron chi connectivity index (χ3n) is 4.54. The van der Waals surface area contributed by atoms with E-state index in [4.69, 9.17) is 4.74 Å². The van der Waals surface area contributed by atoms with Gasteiger partial charge in [-0.3, -0.25) is 14.4 Å². The number of hydrogen-bond acceptors (Lipinski definition) is 4. The molecule has 0 bridgehead atoms. The molecule has 1 heterocycles. The summed E-state index contributed by atoms with van der Waals surface area (Å²) in [6.07, 6.45) is 1.48. The highest BCUT2D eigenvalue weighted by Gasteiger charge is 2.44. The Labute approximate surface area is 164 Å². The van der Waals surface area contributed by atoms with Gasteiger partial charge in [-0.15, -0.1) is 6.58 Å². The van der Waals surface area contributed by atoms with Crippen molar-refractivity contribution in [2.24, 2.45) is 0 Å². The van der Waals surface area contributed by atoms with Gasteiger partial charge in [0.05, 0.1) is 12.1 Å². The molecule has 3 amide bonds. The summed E-state index contributed by atoms with van der Waals surface area (Å²) in [5.41, 5.74) is 1.54. The largest absolute Gasteiger partial charge is 0.484 e. The number of rotatable bonds is 7. The maximum absolute atomic E-state index is 12.9. The molecule has 2 aromatic rings. The minimum Gasteiger partial charge on any atom is -0.484 e. The third kappa shape index (κ3) is 4.11. The first-order chi connectivity index (χ1) is 13.5. The first-order valence-electron chi connectivity index (χ1n) is 9.03. The van der Waals surface area contributed by atoms with Crippen molar-refractivity contribution in [3.8, 4) is 5.75 Å². The molecule has 0 radical (unpaired) electrons. The number of nitrogens with zero attached hydrogens (tertiary/aromatic N) is 2. The average Bonchev–Trinajstić information content (AvgIpc) is 2.99. The zero-order chi connectivity index (χ0) is 20.1. The van der Waals surface area contributed by atoms with Crippen LogP contribution in [0.25, 0.3) is 0 Å². The monoisotopic (exact) mass is 378 g/mol. The lowest BCUT2D eigenvalue weighted by molar-refractivity contribution is -0.139. The molecule has 1 aliphatic heterocycles. The van der Waals surface area contributed by atoms with E-state index in [1.165, 1.54) is 11.0 Å². The van der Waals surface area contributed by atoms with Crippen molar-refractivity contribution in [1.82, 2.24) is 4.90 Å². The average molecular weight is 378 g/mol. The van der Waals surface area contributed by atoms with E-state index in [1.807, 2.05) is 25.1 Å². The number of carbonyl (C=O) groups excluding carboxylic acids is 3. The number of amides is 3. The molecule has 0 saturated carbocycles. The summed E-state index contributed by atoms with van der Waals surface area (Å²) in [7, 11) is 0. The van der Waals surface area contributed by atoms with E-state index in [1.54, 1.807) is 36.4 Å². The van der Waals surface area contributed by atoms with Gasteiger partial charge in [0.25, 0.3) is 11.8 Å². The Kier molecular flexibility index (Phi) is 5.89. The zero-order valence-corrected chi connectivity index (χ0v) is 15.7. The maximum atomic E-state index is 12.9. The number of anilines is 1. The summed E-state index contributed by atoms with van der Waals surface area (Å²) < 4.78 is 5.51. The summed E-state index contributed by atoms with van der Waals surface area (Å²) >= 11 is 0. The van der Waals surface area contributed by atoms with Gasteiger partial charge < -0.3 is 9.64 Å². The zero-order valence-electron chi connectivity index (χ0n) is 15.7. The number of carbonyl (C=O) groups is 3. The molecule has 144 valence electrons. The van der Waals surface area contributed by atoms with E-state index in [-0.39, 0.29) is 31.4 Å². The molecule has 0 N–H and O–H groups in total. The summed E-state index contributed by atoms with van der Waals surface area (Å²) in [5.74, 6) is -0.557. The Morgan fingerprint density at radius 2 is 1.86 bits per heavy atom. The van der Waals surface area contributed by atoms with Gasteiger partial charge in [-0.25, -0.2) is 4.90 Å². The van der Waals surface area contributed by atoms with Crippen LogP contribution in [-0.2, 0) is 14.4 Å². The van der Waals surface area contributed by atoms with Crippen molar-refractivity contribution in [3.63, 3.8) is 0 Å². The quantitative estimate of drug-likeness (QED) is 0.549. The second kappa shape index (κ2) is 8.52. The van der Waals surface area contributed by atoms with Crippen molar-refractivity contribution < 1.29 is 19.1 Å². The van der Waals surface area contributed by atoms with Crippen LogP contribution in [0.3, 0.4) is 0 Å². The Morgan fingerprint density at radius 1 is 1.18 bits per heavy atom. The van der Waals surface area contributed by atoms with E-state index >= 15 is 0 Å². The van der Waals surface area contributed by atoms with Crippen LogP contribution in [-0.4, -0.2) is 41.8 Å². The van der Waals surface area contributed by atoms with Crippen LogP contribution in [0.1, 0.15) is 12.0 Å².